The zero-order valence-corrected chi connectivity index (χ0v) is 8.93. The Kier molecular flexibility index (Phi) is 3.82. The lowest BCUT2D eigenvalue weighted by Crippen LogP contribution is -2.09. The maximum absolute atomic E-state index is 11.4. The number of benzene rings is 1. The van der Waals surface area contributed by atoms with Gasteiger partial charge >= 0.3 is 5.97 Å². The van der Waals surface area contributed by atoms with E-state index in [9.17, 15) is 14.9 Å². The van der Waals surface area contributed by atoms with Crippen molar-refractivity contribution in [1.29, 1.82) is 0 Å². The zero-order chi connectivity index (χ0) is 12.1. The molecule has 6 nitrogen and oxygen atoms in total. The van der Waals surface area contributed by atoms with Gasteiger partial charge in [-0.3, -0.25) is 10.1 Å². The van der Waals surface area contributed by atoms with Crippen molar-refractivity contribution >= 4 is 11.7 Å². The van der Waals surface area contributed by atoms with Crippen molar-refractivity contribution in [3.63, 3.8) is 0 Å². The Labute approximate surface area is 91.9 Å². The van der Waals surface area contributed by atoms with Gasteiger partial charge in [0.05, 0.1) is 18.6 Å². The molecule has 0 aliphatic carbocycles. The number of nitrogens with zero attached hydrogens (tertiary/aromatic N) is 1. The van der Waals surface area contributed by atoms with Gasteiger partial charge in [0.1, 0.15) is 5.75 Å². The molecule has 1 rings (SSSR count). The predicted octanol–water partition coefficient (Wildman–Crippen LogP) is 1.78. The average molecular weight is 225 g/mol. The van der Waals surface area contributed by atoms with Crippen LogP contribution in [0.2, 0.25) is 0 Å². The summed E-state index contributed by atoms with van der Waals surface area (Å²) in [5.74, 6) is -0.626. The second-order valence-corrected chi connectivity index (χ2v) is 2.83. The van der Waals surface area contributed by atoms with Gasteiger partial charge in [0, 0.05) is 6.07 Å². The van der Waals surface area contributed by atoms with E-state index >= 15 is 0 Å². The first-order valence-electron chi connectivity index (χ1n) is 4.60. The highest BCUT2D eigenvalue weighted by Gasteiger charge is 2.25. The Morgan fingerprint density at radius 3 is 2.69 bits per heavy atom. The van der Waals surface area contributed by atoms with Crippen LogP contribution in [0.4, 0.5) is 5.69 Å². The third-order valence-corrected chi connectivity index (χ3v) is 1.89. The summed E-state index contributed by atoms with van der Waals surface area (Å²) in [7, 11) is 1.16. The van der Waals surface area contributed by atoms with Crippen molar-refractivity contribution < 1.29 is 19.2 Å². The van der Waals surface area contributed by atoms with E-state index in [0.717, 1.165) is 7.11 Å². The van der Waals surface area contributed by atoms with Crippen LogP contribution in [0.15, 0.2) is 18.2 Å². The minimum Gasteiger partial charge on any atom is -0.493 e. The number of methoxy groups -OCH3 is 1. The number of hydrogen-bond donors (Lipinski definition) is 0. The van der Waals surface area contributed by atoms with Crippen LogP contribution in [0.5, 0.6) is 5.75 Å². The van der Waals surface area contributed by atoms with Crippen LogP contribution in [-0.2, 0) is 4.74 Å². The second kappa shape index (κ2) is 5.11. The zero-order valence-electron chi connectivity index (χ0n) is 8.93. The first-order valence-corrected chi connectivity index (χ1v) is 4.60. The molecule has 1 aromatic rings. The number of carbonyl (C=O) groups is 1. The number of ether oxygens (including phenoxy) is 2. The van der Waals surface area contributed by atoms with E-state index in [1.165, 1.54) is 18.2 Å². The highest BCUT2D eigenvalue weighted by Crippen LogP contribution is 2.28. The molecule has 16 heavy (non-hydrogen) atoms. The molecule has 0 bridgehead atoms. The van der Waals surface area contributed by atoms with Crippen LogP contribution in [0, 0.1) is 10.1 Å². The number of nitro groups is 1. The number of carbonyl (C=O) groups excluding carboxylic acids is 1. The summed E-state index contributed by atoms with van der Waals surface area (Å²) in [6, 6.07) is 4.17. The molecular weight excluding hydrogens is 214 g/mol. The lowest BCUT2D eigenvalue weighted by Gasteiger charge is -2.08. The molecule has 1 aromatic carbocycles. The topological polar surface area (TPSA) is 78.7 Å². The Bertz CT molecular complexity index is 416. The molecule has 0 fully saturated rings. The maximum atomic E-state index is 11.4. The van der Waals surface area contributed by atoms with E-state index < -0.39 is 10.9 Å². The maximum Gasteiger partial charge on any atom is 0.348 e. The summed E-state index contributed by atoms with van der Waals surface area (Å²) in [5.41, 5.74) is -0.477. The largest absolute Gasteiger partial charge is 0.493 e. The van der Waals surface area contributed by atoms with Crippen molar-refractivity contribution in [2.45, 2.75) is 6.92 Å². The first kappa shape index (κ1) is 12.0. The molecular formula is C10H11NO5. The molecule has 86 valence electrons. The number of hydrogen-bond acceptors (Lipinski definition) is 5. The van der Waals surface area contributed by atoms with Crippen LogP contribution >= 0.6 is 0 Å². The minimum atomic E-state index is -0.782. The average Bonchev–Trinajstić information content (AvgIpc) is 2.28. The summed E-state index contributed by atoms with van der Waals surface area (Å²) in [4.78, 5) is 21.5. The third-order valence-electron chi connectivity index (χ3n) is 1.89. The monoisotopic (exact) mass is 225 g/mol. The van der Waals surface area contributed by atoms with Gasteiger partial charge in [-0.2, -0.15) is 0 Å². The van der Waals surface area contributed by atoms with Gasteiger partial charge in [0.15, 0.2) is 5.56 Å². The Balaban J connectivity index is 3.34. The van der Waals surface area contributed by atoms with Crippen LogP contribution in [0.1, 0.15) is 17.3 Å². The summed E-state index contributed by atoms with van der Waals surface area (Å²) >= 11 is 0. The van der Waals surface area contributed by atoms with Crippen LogP contribution < -0.4 is 4.74 Å². The molecule has 0 saturated heterocycles. The highest BCUT2D eigenvalue weighted by molar-refractivity contribution is 5.96. The molecule has 0 heterocycles. The van der Waals surface area contributed by atoms with Gasteiger partial charge in [0.2, 0.25) is 0 Å². The Morgan fingerprint density at radius 1 is 1.50 bits per heavy atom. The first-order chi connectivity index (χ1) is 7.61. The lowest BCUT2D eigenvalue weighted by atomic mass is 10.1. The quantitative estimate of drug-likeness (QED) is 0.443. The Hall–Kier alpha value is -2.11. The van der Waals surface area contributed by atoms with Crippen molar-refractivity contribution in [2.24, 2.45) is 0 Å². The smallest absolute Gasteiger partial charge is 0.348 e. The lowest BCUT2D eigenvalue weighted by molar-refractivity contribution is -0.385. The van der Waals surface area contributed by atoms with E-state index in [1.807, 2.05) is 0 Å². The standard InChI is InChI=1S/C10H11NO5/c1-3-16-8-6-4-5-7(11(13)14)9(8)10(12)15-2/h4-6H,3H2,1-2H3. The molecule has 0 atom stereocenters. The van der Waals surface area contributed by atoms with Gasteiger partial charge in [0.25, 0.3) is 5.69 Å². The minimum absolute atomic E-state index is 0.156. The van der Waals surface area contributed by atoms with Gasteiger partial charge < -0.3 is 9.47 Å². The van der Waals surface area contributed by atoms with E-state index in [2.05, 4.69) is 4.74 Å². The summed E-state index contributed by atoms with van der Waals surface area (Å²) in [5, 5.41) is 10.7. The highest BCUT2D eigenvalue weighted by atomic mass is 16.6. The van der Waals surface area contributed by atoms with E-state index in [0.29, 0.717) is 6.61 Å². The molecule has 0 radical (unpaired) electrons. The van der Waals surface area contributed by atoms with E-state index in [-0.39, 0.29) is 17.0 Å². The van der Waals surface area contributed by atoms with Crippen LogP contribution in [0.3, 0.4) is 0 Å². The fraction of sp³-hybridized carbons (Fsp3) is 0.300. The molecule has 0 aromatic heterocycles. The summed E-state index contributed by atoms with van der Waals surface area (Å²) < 4.78 is 9.64. The molecule has 6 heteroatoms. The molecule has 0 unspecified atom stereocenters. The molecule has 0 spiro atoms. The fourth-order valence-corrected chi connectivity index (χ4v) is 1.25. The number of nitro benzene ring substituents is 1. The van der Waals surface area contributed by atoms with Gasteiger partial charge in [-0.1, -0.05) is 6.07 Å². The second-order valence-electron chi connectivity index (χ2n) is 2.83. The van der Waals surface area contributed by atoms with E-state index in [1.54, 1.807) is 6.92 Å². The SMILES string of the molecule is CCOc1cccc([N+](=O)[O-])c1C(=O)OC. The van der Waals surface area contributed by atoms with Gasteiger partial charge in [-0.05, 0) is 13.0 Å². The molecule has 0 amide bonds. The molecule has 0 aliphatic rings. The van der Waals surface area contributed by atoms with Crippen LogP contribution in [-0.4, -0.2) is 24.6 Å². The van der Waals surface area contributed by atoms with Crippen molar-refractivity contribution in [3.05, 3.63) is 33.9 Å². The molecule has 0 aliphatic heterocycles. The van der Waals surface area contributed by atoms with Crippen LogP contribution in [0.25, 0.3) is 0 Å². The normalized spacial score (nSPS) is 9.62. The van der Waals surface area contributed by atoms with Crippen molar-refractivity contribution in [3.8, 4) is 5.75 Å². The predicted molar refractivity (Wildman–Crippen MR) is 55.6 cm³/mol. The third kappa shape index (κ3) is 2.28. The summed E-state index contributed by atoms with van der Waals surface area (Å²) in [6.45, 7) is 2.03. The van der Waals surface area contributed by atoms with Crippen molar-refractivity contribution in [2.75, 3.05) is 13.7 Å². The number of rotatable bonds is 4. The van der Waals surface area contributed by atoms with Gasteiger partial charge in [-0.15, -0.1) is 0 Å². The molecule has 0 saturated carbocycles. The number of esters is 1. The van der Waals surface area contributed by atoms with Crippen molar-refractivity contribution in [1.82, 2.24) is 0 Å². The van der Waals surface area contributed by atoms with E-state index in [4.69, 9.17) is 4.74 Å². The summed E-state index contributed by atoms with van der Waals surface area (Å²) in [6.07, 6.45) is 0. The molecule has 0 N–H and O–H groups in total. The fourth-order valence-electron chi connectivity index (χ4n) is 1.25. The Morgan fingerprint density at radius 2 is 2.19 bits per heavy atom. The van der Waals surface area contributed by atoms with Gasteiger partial charge in [-0.25, -0.2) is 4.79 Å².